The summed E-state index contributed by atoms with van der Waals surface area (Å²) >= 11 is 1.59. The minimum atomic E-state index is -0.255. The molecule has 0 saturated carbocycles. The second-order valence-electron chi connectivity index (χ2n) is 3.19. The van der Waals surface area contributed by atoms with Gasteiger partial charge in [0.15, 0.2) is 5.82 Å². The first kappa shape index (κ1) is 11.5. The highest BCUT2D eigenvalue weighted by Crippen LogP contribution is 2.07. The molecule has 6 nitrogen and oxygen atoms in total. The van der Waals surface area contributed by atoms with Crippen molar-refractivity contribution in [3.8, 4) is 0 Å². The number of thiophene rings is 1. The zero-order valence-corrected chi connectivity index (χ0v) is 9.70. The molecule has 0 fully saturated rings. The number of aromatic nitrogens is 2. The molecule has 4 N–H and O–H groups in total. The van der Waals surface area contributed by atoms with Gasteiger partial charge in [0.05, 0.1) is 18.9 Å². The smallest absolute Gasteiger partial charge is 0.271 e. The first-order valence-corrected chi connectivity index (χ1v) is 5.77. The predicted molar refractivity (Wildman–Crippen MR) is 65.3 cm³/mol. The lowest BCUT2D eigenvalue weighted by Crippen LogP contribution is -2.23. The minimum absolute atomic E-state index is 0.255. The van der Waals surface area contributed by atoms with Crippen LogP contribution in [0, 0.1) is 0 Å². The highest BCUT2D eigenvalue weighted by molar-refractivity contribution is 7.09. The van der Waals surface area contributed by atoms with Gasteiger partial charge < -0.3 is 10.7 Å². The third-order valence-corrected chi connectivity index (χ3v) is 2.91. The molecule has 2 aromatic heterocycles. The van der Waals surface area contributed by atoms with Crippen LogP contribution < -0.4 is 16.6 Å². The number of rotatable bonds is 4. The van der Waals surface area contributed by atoms with E-state index in [0.717, 1.165) is 4.88 Å². The van der Waals surface area contributed by atoms with E-state index in [0.29, 0.717) is 12.4 Å². The van der Waals surface area contributed by atoms with Crippen LogP contribution >= 0.6 is 11.3 Å². The van der Waals surface area contributed by atoms with E-state index in [1.165, 1.54) is 12.4 Å². The number of nitrogen functional groups attached to an aromatic ring is 1. The maximum atomic E-state index is 11.7. The van der Waals surface area contributed by atoms with Crippen molar-refractivity contribution < 1.29 is 4.79 Å². The number of nitrogens with two attached hydrogens (primary N) is 1. The van der Waals surface area contributed by atoms with E-state index in [1.54, 1.807) is 11.3 Å². The number of nitrogens with zero attached hydrogens (tertiary/aromatic N) is 2. The van der Waals surface area contributed by atoms with Gasteiger partial charge >= 0.3 is 0 Å². The molecule has 2 aromatic rings. The molecule has 2 heterocycles. The van der Waals surface area contributed by atoms with Crippen LogP contribution in [0.15, 0.2) is 29.9 Å². The average molecular weight is 249 g/mol. The van der Waals surface area contributed by atoms with Gasteiger partial charge in [0.1, 0.15) is 5.69 Å². The molecule has 0 atom stereocenters. The van der Waals surface area contributed by atoms with Gasteiger partial charge in [-0.15, -0.1) is 11.3 Å². The summed E-state index contributed by atoms with van der Waals surface area (Å²) in [5, 5.41) is 4.72. The Morgan fingerprint density at radius 2 is 2.29 bits per heavy atom. The molecule has 0 radical (unpaired) electrons. The van der Waals surface area contributed by atoms with E-state index >= 15 is 0 Å². The molecule has 0 aliphatic heterocycles. The standard InChI is InChI=1S/C10H11N5OS/c11-15-9-6-12-8(5-13-9)10(16)14-4-7-2-1-3-17-7/h1-3,5-6H,4,11H2,(H,13,15)(H,14,16). The summed E-state index contributed by atoms with van der Waals surface area (Å²) in [6.45, 7) is 0.495. The molecule has 88 valence electrons. The van der Waals surface area contributed by atoms with E-state index < -0.39 is 0 Å². The SMILES string of the molecule is NNc1cnc(C(=O)NCc2cccs2)cn1. The maximum Gasteiger partial charge on any atom is 0.271 e. The fourth-order valence-corrected chi connectivity index (χ4v) is 1.84. The van der Waals surface area contributed by atoms with Crippen LogP contribution in [0.2, 0.25) is 0 Å². The van der Waals surface area contributed by atoms with Crippen LogP contribution in [-0.2, 0) is 6.54 Å². The summed E-state index contributed by atoms with van der Waals surface area (Å²) in [5.74, 6) is 5.31. The van der Waals surface area contributed by atoms with Crippen molar-refractivity contribution in [1.82, 2.24) is 15.3 Å². The van der Waals surface area contributed by atoms with E-state index in [4.69, 9.17) is 5.84 Å². The third kappa shape index (κ3) is 2.99. The summed E-state index contributed by atoms with van der Waals surface area (Å²) in [6, 6.07) is 3.89. The Kier molecular flexibility index (Phi) is 3.63. The molecule has 0 spiro atoms. The van der Waals surface area contributed by atoms with Crippen molar-refractivity contribution in [2.24, 2.45) is 5.84 Å². The lowest BCUT2D eigenvalue weighted by Gasteiger charge is -2.03. The Hall–Kier alpha value is -1.99. The van der Waals surface area contributed by atoms with Crippen LogP contribution in [0.5, 0.6) is 0 Å². The van der Waals surface area contributed by atoms with Crippen LogP contribution in [0.3, 0.4) is 0 Å². The zero-order valence-electron chi connectivity index (χ0n) is 8.88. The normalized spacial score (nSPS) is 9.94. The average Bonchev–Trinajstić information content (AvgIpc) is 2.89. The van der Waals surface area contributed by atoms with Crippen molar-refractivity contribution in [2.45, 2.75) is 6.54 Å². The third-order valence-electron chi connectivity index (χ3n) is 2.04. The molecule has 0 bridgehead atoms. The highest BCUT2D eigenvalue weighted by atomic mass is 32.1. The molecule has 1 amide bonds. The van der Waals surface area contributed by atoms with Gasteiger partial charge in [-0.05, 0) is 11.4 Å². The number of hydrazine groups is 1. The molecule has 0 saturated heterocycles. The monoisotopic (exact) mass is 249 g/mol. The first-order chi connectivity index (χ1) is 8.29. The number of anilines is 1. The van der Waals surface area contributed by atoms with E-state index in [1.807, 2.05) is 17.5 Å². The van der Waals surface area contributed by atoms with Crippen molar-refractivity contribution in [2.75, 3.05) is 5.43 Å². The van der Waals surface area contributed by atoms with Crippen LogP contribution in [-0.4, -0.2) is 15.9 Å². The van der Waals surface area contributed by atoms with E-state index in [9.17, 15) is 4.79 Å². The fraction of sp³-hybridized carbons (Fsp3) is 0.100. The number of carbonyl (C=O) groups excluding carboxylic acids is 1. The Morgan fingerprint density at radius 1 is 1.41 bits per heavy atom. The van der Waals surface area contributed by atoms with Gasteiger partial charge in [0.25, 0.3) is 5.91 Å². The number of hydrogen-bond acceptors (Lipinski definition) is 6. The Balaban J connectivity index is 1.95. The number of amides is 1. The largest absolute Gasteiger partial charge is 0.346 e. The van der Waals surface area contributed by atoms with Crippen molar-refractivity contribution in [3.05, 3.63) is 40.5 Å². The van der Waals surface area contributed by atoms with Gasteiger partial charge in [-0.2, -0.15) is 0 Å². The first-order valence-electron chi connectivity index (χ1n) is 4.89. The maximum absolute atomic E-state index is 11.7. The summed E-state index contributed by atoms with van der Waals surface area (Å²) in [5.41, 5.74) is 2.61. The van der Waals surface area contributed by atoms with Gasteiger partial charge in [-0.3, -0.25) is 4.79 Å². The number of hydrogen-bond donors (Lipinski definition) is 3. The summed E-state index contributed by atoms with van der Waals surface area (Å²) < 4.78 is 0. The van der Waals surface area contributed by atoms with E-state index in [-0.39, 0.29) is 11.6 Å². The predicted octanol–water partition coefficient (Wildman–Crippen LogP) is 0.754. The lowest BCUT2D eigenvalue weighted by molar-refractivity contribution is 0.0946. The second-order valence-corrected chi connectivity index (χ2v) is 4.23. The van der Waals surface area contributed by atoms with Crippen molar-refractivity contribution in [1.29, 1.82) is 0 Å². The lowest BCUT2D eigenvalue weighted by atomic mass is 10.4. The minimum Gasteiger partial charge on any atom is -0.346 e. The Labute approximate surface area is 102 Å². The Bertz CT molecular complexity index is 482. The highest BCUT2D eigenvalue weighted by Gasteiger charge is 2.07. The topological polar surface area (TPSA) is 92.9 Å². The fourth-order valence-electron chi connectivity index (χ4n) is 1.19. The number of carbonyl (C=O) groups is 1. The van der Waals surface area contributed by atoms with Gasteiger partial charge in [-0.1, -0.05) is 6.07 Å². The molecule has 0 aliphatic rings. The molecule has 0 unspecified atom stereocenters. The molecule has 7 heteroatoms. The molecule has 0 aliphatic carbocycles. The van der Waals surface area contributed by atoms with E-state index in [2.05, 4.69) is 20.7 Å². The van der Waals surface area contributed by atoms with Crippen LogP contribution in [0.25, 0.3) is 0 Å². The number of nitrogens with one attached hydrogen (secondary N) is 2. The van der Waals surface area contributed by atoms with Crippen molar-refractivity contribution in [3.63, 3.8) is 0 Å². The molecule has 0 aromatic carbocycles. The molecule has 17 heavy (non-hydrogen) atoms. The quantitative estimate of drug-likeness (QED) is 0.549. The Morgan fingerprint density at radius 3 is 2.88 bits per heavy atom. The molecule has 2 rings (SSSR count). The van der Waals surface area contributed by atoms with Gasteiger partial charge in [0, 0.05) is 4.88 Å². The molecular weight excluding hydrogens is 238 g/mol. The zero-order chi connectivity index (χ0) is 12.1. The summed E-state index contributed by atoms with van der Waals surface area (Å²) in [7, 11) is 0. The summed E-state index contributed by atoms with van der Waals surface area (Å²) in [4.78, 5) is 20.6. The molecular formula is C10H11N5OS. The summed E-state index contributed by atoms with van der Waals surface area (Å²) in [6.07, 6.45) is 2.78. The van der Waals surface area contributed by atoms with Crippen LogP contribution in [0.1, 0.15) is 15.4 Å². The van der Waals surface area contributed by atoms with Crippen molar-refractivity contribution >= 4 is 23.1 Å². The second kappa shape index (κ2) is 5.37. The van der Waals surface area contributed by atoms with Gasteiger partial charge in [0.2, 0.25) is 0 Å². The van der Waals surface area contributed by atoms with Gasteiger partial charge in [-0.25, -0.2) is 15.8 Å². The van der Waals surface area contributed by atoms with Crippen LogP contribution in [0.4, 0.5) is 5.82 Å².